The predicted molar refractivity (Wildman–Crippen MR) is 74.3 cm³/mol. The van der Waals surface area contributed by atoms with Crippen molar-refractivity contribution in [2.75, 3.05) is 0 Å². The molecule has 0 saturated heterocycles. The number of aromatic nitrogens is 1. The van der Waals surface area contributed by atoms with Crippen molar-refractivity contribution in [3.05, 3.63) is 63.9 Å². The molecule has 4 heteroatoms. The zero-order chi connectivity index (χ0) is 13.1. The number of hydrogen-bond acceptors (Lipinski definition) is 3. The summed E-state index contributed by atoms with van der Waals surface area (Å²) in [7, 11) is 0. The van der Waals surface area contributed by atoms with Crippen molar-refractivity contribution >= 4 is 11.6 Å². The van der Waals surface area contributed by atoms with Gasteiger partial charge in [0.15, 0.2) is 0 Å². The van der Waals surface area contributed by atoms with Crippen LogP contribution >= 0.6 is 11.6 Å². The van der Waals surface area contributed by atoms with Gasteiger partial charge in [-0.2, -0.15) is 0 Å². The van der Waals surface area contributed by atoms with E-state index in [9.17, 15) is 0 Å². The number of hydrogen-bond donors (Lipinski definition) is 2. The normalized spacial score (nSPS) is 12.4. The minimum atomic E-state index is -0.123. The molecule has 1 aromatic heterocycles. The van der Waals surface area contributed by atoms with Crippen molar-refractivity contribution in [3.8, 4) is 0 Å². The third-order valence-corrected chi connectivity index (χ3v) is 3.18. The van der Waals surface area contributed by atoms with E-state index in [2.05, 4.69) is 42.5 Å². The van der Waals surface area contributed by atoms with E-state index >= 15 is 0 Å². The number of pyridine rings is 1. The fourth-order valence-corrected chi connectivity index (χ4v) is 2.08. The smallest absolute Gasteiger partial charge is 0.0884 e. The van der Waals surface area contributed by atoms with E-state index in [1.165, 1.54) is 11.1 Å². The van der Waals surface area contributed by atoms with Gasteiger partial charge in [-0.25, -0.2) is 5.43 Å². The van der Waals surface area contributed by atoms with Crippen LogP contribution < -0.4 is 11.3 Å². The number of hydrazine groups is 1. The molecule has 1 atom stereocenters. The molecule has 1 unspecified atom stereocenters. The second kappa shape index (κ2) is 5.48. The van der Waals surface area contributed by atoms with Gasteiger partial charge >= 0.3 is 0 Å². The summed E-state index contributed by atoms with van der Waals surface area (Å²) in [5, 5.41) is 0.621. The Bertz CT molecular complexity index is 537. The third kappa shape index (κ3) is 2.70. The number of nitrogens with two attached hydrogens (primary N) is 1. The van der Waals surface area contributed by atoms with Crippen LogP contribution in [0.15, 0.2) is 36.5 Å². The summed E-state index contributed by atoms with van der Waals surface area (Å²) in [5.74, 6) is 5.67. The van der Waals surface area contributed by atoms with Crippen molar-refractivity contribution in [3.63, 3.8) is 0 Å². The topological polar surface area (TPSA) is 50.9 Å². The first-order valence-corrected chi connectivity index (χ1v) is 6.14. The molecule has 0 aliphatic rings. The van der Waals surface area contributed by atoms with Gasteiger partial charge in [0, 0.05) is 6.20 Å². The predicted octanol–water partition coefficient (Wildman–Crippen LogP) is 2.90. The lowest BCUT2D eigenvalue weighted by Gasteiger charge is -2.18. The summed E-state index contributed by atoms with van der Waals surface area (Å²) < 4.78 is 0. The van der Waals surface area contributed by atoms with Crippen LogP contribution in [-0.2, 0) is 0 Å². The highest BCUT2D eigenvalue weighted by molar-refractivity contribution is 6.30. The Hall–Kier alpha value is -1.42. The van der Waals surface area contributed by atoms with Crippen LogP contribution in [0.4, 0.5) is 0 Å². The van der Waals surface area contributed by atoms with E-state index < -0.39 is 0 Å². The maximum absolute atomic E-state index is 5.85. The van der Waals surface area contributed by atoms with Gasteiger partial charge in [0.2, 0.25) is 0 Å². The molecule has 0 bridgehead atoms. The molecule has 1 aromatic carbocycles. The molecule has 0 aliphatic carbocycles. The van der Waals surface area contributed by atoms with Crippen LogP contribution in [0.25, 0.3) is 0 Å². The second-order valence-corrected chi connectivity index (χ2v) is 4.80. The Morgan fingerprint density at radius 2 is 2.00 bits per heavy atom. The summed E-state index contributed by atoms with van der Waals surface area (Å²) in [6.45, 7) is 4.13. The summed E-state index contributed by atoms with van der Waals surface area (Å²) in [6.07, 6.45) is 1.63. The Labute approximate surface area is 112 Å². The lowest BCUT2D eigenvalue weighted by molar-refractivity contribution is 0.617. The lowest BCUT2D eigenvalue weighted by atomic mass is 9.97. The van der Waals surface area contributed by atoms with Gasteiger partial charge in [-0.15, -0.1) is 0 Å². The van der Waals surface area contributed by atoms with Gasteiger partial charge in [0.1, 0.15) is 0 Å². The van der Waals surface area contributed by atoms with Gasteiger partial charge in [-0.3, -0.25) is 10.8 Å². The maximum Gasteiger partial charge on any atom is 0.0884 e. The van der Waals surface area contributed by atoms with Crippen LogP contribution in [-0.4, -0.2) is 4.98 Å². The first-order valence-electron chi connectivity index (χ1n) is 5.76. The van der Waals surface area contributed by atoms with Gasteiger partial charge in [-0.1, -0.05) is 35.4 Å². The molecule has 0 spiro atoms. The second-order valence-electron chi connectivity index (χ2n) is 4.36. The van der Waals surface area contributed by atoms with Crippen LogP contribution in [0.1, 0.15) is 28.4 Å². The SMILES string of the molecule is Cc1ccc(C)c(C(NN)c2ccc(Cl)cn2)c1. The fourth-order valence-electron chi connectivity index (χ4n) is 1.96. The minimum Gasteiger partial charge on any atom is -0.271 e. The summed E-state index contributed by atoms with van der Waals surface area (Å²) in [6, 6.07) is 9.87. The van der Waals surface area contributed by atoms with E-state index in [0.717, 1.165) is 11.3 Å². The van der Waals surface area contributed by atoms with Crippen LogP contribution in [0, 0.1) is 13.8 Å². The zero-order valence-corrected chi connectivity index (χ0v) is 11.2. The average Bonchev–Trinajstić information content (AvgIpc) is 2.37. The Morgan fingerprint density at radius 1 is 1.22 bits per heavy atom. The fraction of sp³-hybridized carbons (Fsp3) is 0.214. The van der Waals surface area contributed by atoms with E-state index in [0.29, 0.717) is 5.02 Å². The van der Waals surface area contributed by atoms with Crippen LogP contribution in [0.5, 0.6) is 0 Å². The molecule has 18 heavy (non-hydrogen) atoms. The van der Waals surface area contributed by atoms with Gasteiger partial charge < -0.3 is 0 Å². The number of aryl methyl sites for hydroxylation is 2. The highest BCUT2D eigenvalue weighted by Gasteiger charge is 2.15. The molecule has 94 valence electrons. The monoisotopic (exact) mass is 261 g/mol. The molecule has 0 amide bonds. The molecular weight excluding hydrogens is 246 g/mol. The number of rotatable bonds is 3. The summed E-state index contributed by atoms with van der Waals surface area (Å²) in [4.78, 5) is 4.32. The first-order chi connectivity index (χ1) is 8.61. The minimum absolute atomic E-state index is 0.123. The van der Waals surface area contributed by atoms with Crippen molar-refractivity contribution in [2.45, 2.75) is 19.9 Å². The van der Waals surface area contributed by atoms with E-state index in [1.54, 1.807) is 6.20 Å². The van der Waals surface area contributed by atoms with Crippen LogP contribution in [0.3, 0.4) is 0 Å². The summed E-state index contributed by atoms with van der Waals surface area (Å²) >= 11 is 5.85. The molecule has 2 aromatic rings. The van der Waals surface area contributed by atoms with Crippen molar-refractivity contribution in [1.29, 1.82) is 0 Å². The number of nitrogens with one attached hydrogen (secondary N) is 1. The first kappa shape index (κ1) is 13.0. The lowest BCUT2D eigenvalue weighted by Crippen LogP contribution is -2.30. The standard InChI is InChI=1S/C14H16ClN3/c1-9-3-4-10(2)12(7-9)14(18-16)13-6-5-11(15)8-17-13/h3-8,14,18H,16H2,1-2H3. The quantitative estimate of drug-likeness (QED) is 0.660. The van der Waals surface area contributed by atoms with E-state index in [4.69, 9.17) is 17.4 Å². The van der Waals surface area contributed by atoms with E-state index in [1.807, 2.05) is 12.1 Å². The largest absolute Gasteiger partial charge is 0.271 e. The summed E-state index contributed by atoms with van der Waals surface area (Å²) in [5.41, 5.74) is 7.19. The number of halogens is 1. The highest BCUT2D eigenvalue weighted by atomic mass is 35.5. The van der Waals surface area contributed by atoms with Gasteiger partial charge in [0.05, 0.1) is 16.8 Å². The van der Waals surface area contributed by atoms with Crippen molar-refractivity contribution < 1.29 is 0 Å². The highest BCUT2D eigenvalue weighted by Crippen LogP contribution is 2.24. The maximum atomic E-state index is 5.85. The number of nitrogens with zero attached hydrogens (tertiary/aromatic N) is 1. The number of benzene rings is 1. The molecule has 1 heterocycles. The molecule has 0 fully saturated rings. The van der Waals surface area contributed by atoms with E-state index in [-0.39, 0.29) is 6.04 Å². The molecule has 0 radical (unpaired) electrons. The van der Waals surface area contributed by atoms with Crippen LogP contribution in [0.2, 0.25) is 5.02 Å². The molecule has 0 saturated carbocycles. The molecule has 0 aliphatic heterocycles. The third-order valence-electron chi connectivity index (χ3n) is 2.96. The zero-order valence-electron chi connectivity index (χ0n) is 10.4. The molecule has 2 rings (SSSR count). The van der Waals surface area contributed by atoms with Crippen molar-refractivity contribution in [1.82, 2.24) is 10.4 Å². The van der Waals surface area contributed by atoms with Gasteiger partial charge in [-0.05, 0) is 37.1 Å². The average molecular weight is 262 g/mol. The Morgan fingerprint density at radius 3 is 2.61 bits per heavy atom. The molecular formula is C14H16ClN3. The van der Waals surface area contributed by atoms with Gasteiger partial charge in [0.25, 0.3) is 0 Å². The van der Waals surface area contributed by atoms with Crippen molar-refractivity contribution in [2.24, 2.45) is 5.84 Å². The molecule has 3 nitrogen and oxygen atoms in total. The molecule has 3 N–H and O–H groups in total. The Kier molecular flexibility index (Phi) is 3.97. The Balaban J connectivity index is 2.44.